The first-order valence-electron chi connectivity index (χ1n) is 18.0. The average molecular weight is 789 g/mol. The third-order valence-corrected chi connectivity index (χ3v) is 6.49. The van der Waals surface area contributed by atoms with Gasteiger partial charge >= 0.3 is 11.9 Å². The van der Waals surface area contributed by atoms with Gasteiger partial charge in [0.05, 0.1) is 148 Å². The van der Waals surface area contributed by atoms with Crippen molar-refractivity contribution < 1.29 is 77.4 Å². The number of pyridine rings is 2. The van der Waals surface area contributed by atoms with Crippen molar-refractivity contribution in [2.45, 2.75) is 65.6 Å². The smallest absolute Gasteiger partial charge is 0.308 e. The summed E-state index contributed by atoms with van der Waals surface area (Å²) in [5.41, 5.74) is 1.28. The van der Waals surface area contributed by atoms with Crippen molar-refractivity contribution >= 4 is 11.9 Å². The molecule has 2 aromatic rings. The van der Waals surface area contributed by atoms with Crippen LogP contribution in [0.3, 0.4) is 0 Å². The standard InChI is InChI=1S/C20H33NO8.C17H27NO8/c1-20(2,3)29-19(24)4-5-25-6-7-26-8-9-27-10-11-28-18-12-16(14-22)21-17(13-18)15-23;1-22-17(21)2-3-23-4-5-24-6-7-25-8-9-26-16-10-14(12-19)18-15(11-16)13-20/h12-13,22-23H,4-11,14-15H2,1-3H3;10-11,19-20H,2-9,12-13H2,1H3. The summed E-state index contributed by atoms with van der Waals surface area (Å²) < 4.78 is 52.7. The molecule has 0 aromatic carbocycles. The van der Waals surface area contributed by atoms with Crippen LogP contribution in [0.4, 0.5) is 0 Å². The first kappa shape index (κ1) is 49.5. The third-order valence-electron chi connectivity index (χ3n) is 6.49. The van der Waals surface area contributed by atoms with Crippen molar-refractivity contribution in [2.75, 3.05) is 99.6 Å². The molecule has 0 radical (unpaired) electrons. The molecule has 0 aliphatic heterocycles. The zero-order chi connectivity index (χ0) is 40.6. The summed E-state index contributed by atoms with van der Waals surface area (Å²) in [7, 11) is 1.34. The van der Waals surface area contributed by atoms with E-state index in [2.05, 4.69) is 14.7 Å². The fourth-order valence-electron chi connectivity index (χ4n) is 4.06. The quantitative estimate of drug-likeness (QED) is 0.0645. The van der Waals surface area contributed by atoms with E-state index in [9.17, 15) is 9.59 Å². The van der Waals surface area contributed by atoms with Crippen LogP contribution in [0, 0.1) is 0 Å². The first-order valence-corrected chi connectivity index (χ1v) is 18.0. The number of aromatic nitrogens is 2. The van der Waals surface area contributed by atoms with Gasteiger partial charge in [-0.05, 0) is 20.8 Å². The monoisotopic (exact) mass is 788 g/mol. The van der Waals surface area contributed by atoms with E-state index in [1.165, 1.54) is 7.11 Å². The molecule has 2 aromatic heterocycles. The fraction of sp³-hybridized carbons (Fsp3) is 0.676. The molecule has 0 amide bonds. The Morgan fingerprint density at radius 2 is 0.782 bits per heavy atom. The van der Waals surface area contributed by atoms with E-state index in [0.29, 0.717) is 127 Å². The molecule has 0 saturated heterocycles. The van der Waals surface area contributed by atoms with Crippen LogP contribution < -0.4 is 9.47 Å². The molecule has 0 atom stereocenters. The van der Waals surface area contributed by atoms with Crippen molar-refractivity contribution in [1.82, 2.24) is 9.97 Å². The van der Waals surface area contributed by atoms with Gasteiger partial charge < -0.3 is 67.8 Å². The van der Waals surface area contributed by atoms with Gasteiger partial charge in [0.25, 0.3) is 0 Å². The molecule has 0 aliphatic rings. The van der Waals surface area contributed by atoms with Gasteiger partial charge in [-0.1, -0.05) is 0 Å². The number of ether oxygens (including phenoxy) is 10. The number of esters is 2. The SMILES string of the molecule is CC(C)(C)OC(=O)CCOCCOCCOCCOc1cc(CO)nc(CO)c1.COC(=O)CCOCCOCCOCCOc1cc(CO)nc(CO)c1. The van der Waals surface area contributed by atoms with E-state index in [1.807, 2.05) is 20.8 Å². The number of nitrogens with zero attached hydrogens (tertiary/aromatic N) is 2. The number of carbonyl (C=O) groups excluding carboxylic acids is 2. The summed E-state index contributed by atoms with van der Waals surface area (Å²) in [5, 5.41) is 36.5. The number of methoxy groups -OCH3 is 1. The minimum atomic E-state index is -0.478. The summed E-state index contributed by atoms with van der Waals surface area (Å²) in [6.45, 7) is 9.97. The number of aliphatic hydroxyl groups is 4. The highest BCUT2D eigenvalue weighted by Crippen LogP contribution is 2.16. The van der Waals surface area contributed by atoms with E-state index < -0.39 is 5.60 Å². The molecular formula is C37H60N2O16. The summed E-state index contributed by atoms with van der Waals surface area (Å²) >= 11 is 0. The van der Waals surface area contributed by atoms with Gasteiger partial charge in [0.2, 0.25) is 0 Å². The molecule has 18 heteroatoms. The van der Waals surface area contributed by atoms with Crippen LogP contribution in [0.15, 0.2) is 24.3 Å². The van der Waals surface area contributed by atoms with Crippen molar-refractivity contribution in [2.24, 2.45) is 0 Å². The maximum absolute atomic E-state index is 11.5. The maximum atomic E-state index is 11.5. The molecule has 314 valence electrons. The Morgan fingerprint density at radius 1 is 0.491 bits per heavy atom. The molecule has 4 N–H and O–H groups in total. The highest BCUT2D eigenvalue weighted by molar-refractivity contribution is 5.70. The Hall–Kier alpha value is -3.56. The third kappa shape index (κ3) is 27.6. The lowest BCUT2D eigenvalue weighted by molar-refractivity contribution is -0.156. The number of carbonyl (C=O) groups is 2. The zero-order valence-electron chi connectivity index (χ0n) is 32.5. The summed E-state index contributed by atoms with van der Waals surface area (Å²) in [5.74, 6) is 0.475. The summed E-state index contributed by atoms with van der Waals surface area (Å²) in [6, 6.07) is 6.46. The van der Waals surface area contributed by atoms with Gasteiger partial charge in [-0.2, -0.15) is 0 Å². The van der Waals surface area contributed by atoms with Crippen LogP contribution in [0.5, 0.6) is 11.5 Å². The van der Waals surface area contributed by atoms with Gasteiger partial charge in [0.15, 0.2) is 0 Å². The Labute approximate surface area is 322 Å². The lowest BCUT2D eigenvalue weighted by Crippen LogP contribution is -2.24. The van der Waals surface area contributed by atoms with Crippen LogP contribution in [0.2, 0.25) is 0 Å². The molecule has 0 aliphatic carbocycles. The Balaban J connectivity index is 0.000000553. The van der Waals surface area contributed by atoms with Crippen LogP contribution >= 0.6 is 0 Å². The number of aliphatic hydroxyl groups excluding tert-OH is 4. The normalized spacial score (nSPS) is 11.1. The van der Waals surface area contributed by atoms with Gasteiger partial charge in [-0.25, -0.2) is 0 Å². The average Bonchev–Trinajstić information content (AvgIpc) is 3.17. The van der Waals surface area contributed by atoms with Crippen LogP contribution in [-0.2, 0) is 73.9 Å². The fourth-order valence-corrected chi connectivity index (χ4v) is 4.06. The molecule has 2 heterocycles. The Morgan fingerprint density at radius 3 is 1.07 bits per heavy atom. The van der Waals surface area contributed by atoms with Crippen molar-refractivity contribution in [3.8, 4) is 11.5 Å². The molecule has 0 unspecified atom stereocenters. The van der Waals surface area contributed by atoms with Crippen molar-refractivity contribution in [3.05, 3.63) is 47.0 Å². The van der Waals surface area contributed by atoms with E-state index in [-0.39, 0.29) is 51.2 Å². The maximum Gasteiger partial charge on any atom is 0.308 e. The highest BCUT2D eigenvalue weighted by Gasteiger charge is 2.15. The Kier molecular flexibility index (Phi) is 28.4. The van der Waals surface area contributed by atoms with Gasteiger partial charge in [-0.3, -0.25) is 19.6 Å². The van der Waals surface area contributed by atoms with Gasteiger partial charge in [0.1, 0.15) is 30.3 Å². The van der Waals surface area contributed by atoms with Crippen LogP contribution in [0.25, 0.3) is 0 Å². The summed E-state index contributed by atoms with van der Waals surface area (Å²) in [4.78, 5) is 30.4. The topological polar surface area (TPSA) is 233 Å². The van der Waals surface area contributed by atoms with E-state index in [4.69, 9.17) is 63.1 Å². The van der Waals surface area contributed by atoms with Crippen LogP contribution in [-0.4, -0.2) is 148 Å². The molecule has 0 spiro atoms. The minimum absolute atomic E-state index is 0.218. The molecule has 55 heavy (non-hydrogen) atoms. The number of rotatable bonds is 30. The second-order valence-electron chi connectivity index (χ2n) is 12.2. The van der Waals surface area contributed by atoms with Crippen molar-refractivity contribution in [1.29, 1.82) is 0 Å². The van der Waals surface area contributed by atoms with Gasteiger partial charge in [0, 0.05) is 24.3 Å². The molecule has 0 fully saturated rings. The summed E-state index contributed by atoms with van der Waals surface area (Å²) in [6.07, 6.45) is 0.453. The van der Waals surface area contributed by atoms with E-state index >= 15 is 0 Å². The molecular weight excluding hydrogens is 728 g/mol. The van der Waals surface area contributed by atoms with E-state index in [1.54, 1.807) is 24.3 Å². The molecule has 0 bridgehead atoms. The Bertz CT molecular complexity index is 1250. The number of hydrogen-bond donors (Lipinski definition) is 4. The van der Waals surface area contributed by atoms with Crippen molar-refractivity contribution in [3.63, 3.8) is 0 Å². The molecule has 18 nitrogen and oxygen atoms in total. The second kappa shape index (κ2) is 31.6. The first-order chi connectivity index (χ1) is 26.5. The van der Waals surface area contributed by atoms with Crippen LogP contribution in [0.1, 0.15) is 56.4 Å². The molecule has 2 rings (SSSR count). The highest BCUT2D eigenvalue weighted by atomic mass is 16.6. The lowest BCUT2D eigenvalue weighted by Gasteiger charge is -2.19. The lowest BCUT2D eigenvalue weighted by atomic mass is 10.2. The minimum Gasteiger partial charge on any atom is -0.491 e. The molecule has 0 saturated carbocycles. The van der Waals surface area contributed by atoms with E-state index in [0.717, 1.165) is 0 Å². The zero-order valence-corrected chi connectivity index (χ0v) is 32.5. The largest absolute Gasteiger partial charge is 0.491 e. The van der Waals surface area contributed by atoms with Gasteiger partial charge in [-0.15, -0.1) is 0 Å². The predicted molar refractivity (Wildman–Crippen MR) is 195 cm³/mol. The number of hydrogen-bond acceptors (Lipinski definition) is 18. The predicted octanol–water partition coefficient (Wildman–Crippen LogP) is 1.28. The second-order valence-corrected chi connectivity index (χ2v) is 12.2.